The first-order valence-corrected chi connectivity index (χ1v) is 8.69. The van der Waals surface area contributed by atoms with Crippen LogP contribution in [-0.4, -0.2) is 22.4 Å². The molecule has 0 aliphatic carbocycles. The van der Waals surface area contributed by atoms with Crippen molar-refractivity contribution in [2.75, 3.05) is 16.8 Å². The third-order valence-corrected chi connectivity index (χ3v) is 4.34. The summed E-state index contributed by atoms with van der Waals surface area (Å²) in [7, 11) is 0. The number of nitrogens with zero attached hydrogens (tertiary/aromatic N) is 3. The van der Waals surface area contributed by atoms with E-state index in [1.165, 1.54) is 0 Å². The van der Waals surface area contributed by atoms with Crippen molar-refractivity contribution in [1.82, 2.24) is 9.97 Å². The highest BCUT2D eigenvalue weighted by molar-refractivity contribution is 6.31. The maximum absolute atomic E-state index is 12.5. The van der Waals surface area contributed by atoms with Crippen LogP contribution in [0, 0.1) is 6.92 Å². The molecule has 3 rings (SSSR count). The van der Waals surface area contributed by atoms with E-state index < -0.39 is 0 Å². The summed E-state index contributed by atoms with van der Waals surface area (Å²) in [4.78, 5) is 23.2. The molecule has 0 spiro atoms. The molecule has 3 aromatic rings. The first kappa shape index (κ1) is 17.9. The van der Waals surface area contributed by atoms with Gasteiger partial charge in [-0.1, -0.05) is 35.9 Å². The Hall–Kier alpha value is -2.92. The zero-order valence-corrected chi connectivity index (χ0v) is 15.4. The van der Waals surface area contributed by atoms with Crippen LogP contribution in [0.4, 0.5) is 17.3 Å². The molecule has 1 N–H and O–H groups in total. The smallest absolute Gasteiger partial charge is 0.274 e. The normalized spacial score (nSPS) is 10.4. The number of halogens is 1. The molecule has 132 valence electrons. The number of amides is 1. The monoisotopic (exact) mass is 366 g/mol. The molecule has 1 amide bonds. The van der Waals surface area contributed by atoms with Gasteiger partial charge in [-0.25, -0.2) is 9.97 Å². The molecule has 0 unspecified atom stereocenters. The maximum Gasteiger partial charge on any atom is 0.274 e. The van der Waals surface area contributed by atoms with Crippen molar-refractivity contribution in [3.8, 4) is 0 Å². The summed E-state index contributed by atoms with van der Waals surface area (Å²) >= 11 is 6.11. The Kier molecular flexibility index (Phi) is 5.49. The van der Waals surface area contributed by atoms with Crippen molar-refractivity contribution in [3.63, 3.8) is 0 Å². The molecule has 5 nitrogen and oxygen atoms in total. The number of rotatable bonds is 5. The topological polar surface area (TPSA) is 58.1 Å². The SMILES string of the molecule is CCN(c1ccccc1)c1nccc(C(=O)Nc2ccc(C)c(Cl)c2)n1. The van der Waals surface area contributed by atoms with Gasteiger partial charge in [0.1, 0.15) is 5.69 Å². The van der Waals surface area contributed by atoms with E-state index in [-0.39, 0.29) is 5.91 Å². The Labute approximate surface area is 157 Å². The van der Waals surface area contributed by atoms with Gasteiger partial charge in [0.15, 0.2) is 0 Å². The number of aryl methyl sites for hydroxylation is 1. The molecule has 1 heterocycles. The molecule has 0 saturated heterocycles. The van der Waals surface area contributed by atoms with Gasteiger partial charge in [0.2, 0.25) is 5.95 Å². The van der Waals surface area contributed by atoms with E-state index >= 15 is 0 Å². The van der Waals surface area contributed by atoms with Crippen LogP contribution in [0.15, 0.2) is 60.8 Å². The van der Waals surface area contributed by atoms with Gasteiger partial charge in [-0.05, 0) is 49.7 Å². The van der Waals surface area contributed by atoms with Crippen LogP contribution in [0.25, 0.3) is 0 Å². The van der Waals surface area contributed by atoms with Crippen LogP contribution >= 0.6 is 11.6 Å². The lowest BCUT2D eigenvalue weighted by Gasteiger charge is -2.21. The summed E-state index contributed by atoms with van der Waals surface area (Å²) < 4.78 is 0. The van der Waals surface area contributed by atoms with Crippen LogP contribution in [-0.2, 0) is 0 Å². The molecule has 26 heavy (non-hydrogen) atoms. The van der Waals surface area contributed by atoms with Crippen LogP contribution < -0.4 is 10.2 Å². The van der Waals surface area contributed by atoms with Crippen molar-refractivity contribution < 1.29 is 4.79 Å². The van der Waals surface area contributed by atoms with Crippen molar-refractivity contribution in [2.45, 2.75) is 13.8 Å². The van der Waals surface area contributed by atoms with Crippen molar-refractivity contribution in [1.29, 1.82) is 0 Å². The molecular weight excluding hydrogens is 348 g/mol. The van der Waals surface area contributed by atoms with Crippen LogP contribution in [0.3, 0.4) is 0 Å². The Morgan fingerprint density at radius 1 is 1.15 bits per heavy atom. The molecule has 0 radical (unpaired) electrons. The number of nitrogens with one attached hydrogen (secondary N) is 1. The minimum absolute atomic E-state index is 0.293. The van der Waals surface area contributed by atoms with Gasteiger partial charge in [-0.2, -0.15) is 0 Å². The van der Waals surface area contributed by atoms with Gasteiger partial charge in [-0.15, -0.1) is 0 Å². The number of carbonyl (C=O) groups excluding carboxylic acids is 1. The minimum Gasteiger partial charge on any atom is -0.321 e. The lowest BCUT2D eigenvalue weighted by molar-refractivity contribution is 0.102. The minimum atomic E-state index is -0.308. The standard InChI is InChI=1S/C20H19ClN4O/c1-3-25(16-7-5-4-6-8-16)20-22-12-11-18(24-20)19(26)23-15-10-9-14(2)17(21)13-15/h4-13H,3H2,1-2H3,(H,23,26). The number of hydrogen-bond donors (Lipinski definition) is 1. The Balaban J connectivity index is 1.84. The Morgan fingerprint density at radius 2 is 1.92 bits per heavy atom. The zero-order chi connectivity index (χ0) is 18.5. The summed E-state index contributed by atoms with van der Waals surface area (Å²) in [6.07, 6.45) is 1.59. The maximum atomic E-state index is 12.5. The number of para-hydroxylation sites is 1. The highest BCUT2D eigenvalue weighted by Crippen LogP contribution is 2.22. The number of aromatic nitrogens is 2. The second-order valence-electron chi connectivity index (χ2n) is 5.74. The highest BCUT2D eigenvalue weighted by Gasteiger charge is 2.14. The van der Waals surface area contributed by atoms with Gasteiger partial charge >= 0.3 is 0 Å². The van der Waals surface area contributed by atoms with Crippen LogP contribution in [0.5, 0.6) is 0 Å². The molecule has 0 fully saturated rings. The summed E-state index contributed by atoms with van der Waals surface area (Å²) in [6.45, 7) is 4.60. The molecule has 0 aliphatic heterocycles. The zero-order valence-electron chi connectivity index (χ0n) is 14.6. The summed E-state index contributed by atoms with van der Waals surface area (Å²) in [5.41, 5.74) is 2.84. The van der Waals surface area contributed by atoms with Crippen molar-refractivity contribution >= 4 is 34.8 Å². The molecule has 1 aromatic heterocycles. The number of benzene rings is 2. The van der Waals surface area contributed by atoms with Crippen LogP contribution in [0.1, 0.15) is 23.0 Å². The third kappa shape index (κ3) is 4.00. The van der Waals surface area contributed by atoms with E-state index in [9.17, 15) is 4.79 Å². The number of hydrogen-bond acceptors (Lipinski definition) is 4. The number of carbonyl (C=O) groups is 1. The molecular formula is C20H19ClN4O. The Bertz CT molecular complexity index is 915. The van der Waals surface area contributed by atoms with Gasteiger partial charge in [-0.3, -0.25) is 4.79 Å². The van der Waals surface area contributed by atoms with E-state index in [1.54, 1.807) is 18.3 Å². The largest absolute Gasteiger partial charge is 0.321 e. The molecule has 0 aliphatic rings. The average molecular weight is 367 g/mol. The lowest BCUT2D eigenvalue weighted by Crippen LogP contribution is -2.21. The van der Waals surface area contributed by atoms with Gasteiger partial charge in [0, 0.05) is 29.1 Å². The molecule has 6 heteroatoms. The van der Waals surface area contributed by atoms with Gasteiger partial charge in [0.25, 0.3) is 5.91 Å². The fourth-order valence-electron chi connectivity index (χ4n) is 2.52. The van der Waals surface area contributed by atoms with E-state index in [0.29, 0.717) is 28.9 Å². The quantitative estimate of drug-likeness (QED) is 0.701. The summed E-state index contributed by atoms with van der Waals surface area (Å²) in [6, 6.07) is 16.8. The fraction of sp³-hybridized carbons (Fsp3) is 0.150. The molecule has 0 atom stereocenters. The van der Waals surface area contributed by atoms with E-state index in [0.717, 1.165) is 11.3 Å². The highest BCUT2D eigenvalue weighted by atomic mass is 35.5. The fourth-order valence-corrected chi connectivity index (χ4v) is 2.70. The van der Waals surface area contributed by atoms with Gasteiger partial charge in [0.05, 0.1) is 0 Å². The first-order valence-electron chi connectivity index (χ1n) is 8.31. The lowest BCUT2D eigenvalue weighted by atomic mass is 10.2. The van der Waals surface area contributed by atoms with E-state index in [4.69, 9.17) is 11.6 Å². The molecule has 0 saturated carbocycles. The van der Waals surface area contributed by atoms with Crippen molar-refractivity contribution in [2.24, 2.45) is 0 Å². The summed E-state index contributed by atoms with van der Waals surface area (Å²) in [5.74, 6) is 0.172. The second kappa shape index (κ2) is 7.97. The number of anilines is 3. The first-order chi connectivity index (χ1) is 12.6. The summed E-state index contributed by atoms with van der Waals surface area (Å²) in [5, 5.41) is 3.42. The van der Waals surface area contributed by atoms with E-state index in [1.807, 2.05) is 61.2 Å². The molecule has 0 bridgehead atoms. The van der Waals surface area contributed by atoms with Crippen LogP contribution in [0.2, 0.25) is 5.02 Å². The molecule has 2 aromatic carbocycles. The predicted octanol–water partition coefficient (Wildman–Crippen LogP) is 4.85. The average Bonchev–Trinajstić information content (AvgIpc) is 2.66. The van der Waals surface area contributed by atoms with Crippen molar-refractivity contribution in [3.05, 3.63) is 77.1 Å². The second-order valence-corrected chi connectivity index (χ2v) is 6.15. The van der Waals surface area contributed by atoms with Gasteiger partial charge < -0.3 is 10.2 Å². The Morgan fingerprint density at radius 3 is 2.62 bits per heavy atom. The third-order valence-electron chi connectivity index (χ3n) is 3.93. The predicted molar refractivity (Wildman–Crippen MR) is 105 cm³/mol. The van der Waals surface area contributed by atoms with E-state index in [2.05, 4.69) is 15.3 Å².